The quantitative estimate of drug-likeness (QED) is 0.820. The van der Waals surface area contributed by atoms with Gasteiger partial charge in [0.25, 0.3) is 0 Å². The largest absolute Gasteiger partial charge is 0.312 e. The van der Waals surface area contributed by atoms with Crippen LogP contribution in [-0.4, -0.2) is 23.6 Å². The molecule has 98 valence electrons. The first-order valence-electron chi connectivity index (χ1n) is 7.22. The van der Waals surface area contributed by atoms with Gasteiger partial charge in [-0.15, -0.1) is 0 Å². The van der Waals surface area contributed by atoms with E-state index in [0.29, 0.717) is 15.6 Å². The Kier molecular flexibility index (Phi) is 2.66. The van der Waals surface area contributed by atoms with Crippen LogP contribution in [0.1, 0.15) is 52.9 Å². The molecular weight excluding hydrogens is 226 g/mol. The fourth-order valence-corrected chi connectivity index (χ4v) is 5.15. The van der Waals surface area contributed by atoms with Crippen LogP contribution in [-0.2, 0) is 0 Å². The van der Waals surface area contributed by atoms with Gasteiger partial charge in [0, 0.05) is 17.3 Å². The highest BCUT2D eigenvalue weighted by atomic mass is 32.2. The van der Waals surface area contributed by atoms with Crippen molar-refractivity contribution >= 4 is 11.8 Å². The van der Waals surface area contributed by atoms with Gasteiger partial charge in [0.1, 0.15) is 0 Å². The molecule has 0 aromatic rings. The highest BCUT2D eigenvalue weighted by Crippen LogP contribution is 2.65. The van der Waals surface area contributed by atoms with Crippen molar-refractivity contribution in [2.75, 3.05) is 12.8 Å². The molecule has 2 bridgehead atoms. The summed E-state index contributed by atoms with van der Waals surface area (Å²) in [5.74, 6) is 0.967. The lowest BCUT2D eigenvalue weighted by Gasteiger charge is -2.40. The van der Waals surface area contributed by atoms with E-state index in [1.54, 1.807) is 0 Å². The molecule has 1 nitrogen and oxygen atoms in total. The van der Waals surface area contributed by atoms with Gasteiger partial charge in [-0.3, -0.25) is 0 Å². The van der Waals surface area contributed by atoms with Gasteiger partial charge in [0.2, 0.25) is 0 Å². The predicted octanol–water partition coefficient (Wildman–Crippen LogP) is 3.69. The fourth-order valence-electron chi connectivity index (χ4n) is 4.41. The summed E-state index contributed by atoms with van der Waals surface area (Å²) < 4.78 is 0.613. The van der Waals surface area contributed by atoms with Crippen LogP contribution in [0.25, 0.3) is 0 Å². The van der Waals surface area contributed by atoms with Gasteiger partial charge >= 0.3 is 0 Å². The minimum absolute atomic E-state index is 0.548. The first kappa shape index (κ1) is 12.3. The van der Waals surface area contributed by atoms with Crippen LogP contribution in [0.4, 0.5) is 0 Å². The van der Waals surface area contributed by atoms with Crippen LogP contribution < -0.4 is 5.32 Å². The van der Waals surface area contributed by atoms with Gasteiger partial charge in [-0.2, -0.15) is 11.8 Å². The van der Waals surface area contributed by atoms with Gasteiger partial charge in [-0.25, -0.2) is 0 Å². The standard InChI is InChI=1S/C15H27NS/c1-13(2)11-5-6-14(13,3)12(9-11)16-10-15(17-4)7-8-15/h11-12,16H,5-10H2,1-4H3. The molecule has 0 aliphatic heterocycles. The molecule has 0 aromatic carbocycles. The molecule has 3 aliphatic rings. The fraction of sp³-hybridized carbons (Fsp3) is 1.00. The molecule has 3 atom stereocenters. The SMILES string of the molecule is CSC1(CNC2CC3CCC2(C)C3(C)C)CC1. The summed E-state index contributed by atoms with van der Waals surface area (Å²) in [6.07, 6.45) is 9.47. The van der Waals surface area contributed by atoms with E-state index in [1.807, 2.05) is 0 Å². The van der Waals surface area contributed by atoms with Crippen LogP contribution >= 0.6 is 11.8 Å². The van der Waals surface area contributed by atoms with Crippen molar-refractivity contribution in [2.45, 2.75) is 63.7 Å². The second-order valence-corrected chi connectivity index (χ2v) is 8.71. The van der Waals surface area contributed by atoms with Crippen molar-refractivity contribution in [2.24, 2.45) is 16.7 Å². The molecule has 17 heavy (non-hydrogen) atoms. The molecule has 0 heterocycles. The first-order chi connectivity index (χ1) is 7.94. The summed E-state index contributed by atoms with van der Waals surface area (Å²) in [5.41, 5.74) is 1.10. The molecule has 0 aromatic heterocycles. The van der Waals surface area contributed by atoms with Crippen molar-refractivity contribution in [1.82, 2.24) is 5.32 Å². The smallest absolute Gasteiger partial charge is 0.0282 e. The Bertz CT molecular complexity index is 321. The zero-order valence-electron chi connectivity index (χ0n) is 11.8. The average Bonchev–Trinajstić information content (AvgIpc) is 3.00. The summed E-state index contributed by atoms with van der Waals surface area (Å²) in [6, 6.07) is 0.779. The van der Waals surface area contributed by atoms with Gasteiger partial charge < -0.3 is 5.32 Å². The average molecular weight is 253 g/mol. The third-order valence-corrected chi connectivity index (χ3v) is 8.12. The number of fused-ring (bicyclic) bond motifs is 2. The van der Waals surface area contributed by atoms with Gasteiger partial charge in [0.15, 0.2) is 0 Å². The van der Waals surface area contributed by atoms with Crippen LogP contribution in [0.2, 0.25) is 0 Å². The van der Waals surface area contributed by atoms with E-state index < -0.39 is 0 Å². The lowest BCUT2D eigenvalue weighted by Crippen LogP contribution is -2.46. The van der Waals surface area contributed by atoms with Crippen molar-refractivity contribution in [3.8, 4) is 0 Å². The molecule has 3 aliphatic carbocycles. The van der Waals surface area contributed by atoms with Crippen molar-refractivity contribution in [3.63, 3.8) is 0 Å². The number of rotatable bonds is 4. The maximum atomic E-state index is 3.94. The van der Waals surface area contributed by atoms with E-state index in [4.69, 9.17) is 0 Å². The van der Waals surface area contributed by atoms with Crippen LogP contribution in [0, 0.1) is 16.7 Å². The molecule has 0 radical (unpaired) electrons. The first-order valence-corrected chi connectivity index (χ1v) is 8.45. The predicted molar refractivity (Wildman–Crippen MR) is 76.5 cm³/mol. The monoisotopic (exact) mass is 253 g/mol. The van der Waals surface area contributed by atoms with Crippen LogP contribution in [0.3, 0.4) is 0 Å². The molecule has 0 amide bonds. The van der Waals surface area contributed by atoms with E-state index in [1.165, 1.54) is 38.6 Å². The van der Waals surface area contributed by atoms with Gasteiger partial charge in [-0.1, -0.05) is 20.8 Å². The lowest BCUT2D eigenvalue weighted by molar-refractivity contribution is 0.121. The number of nitrogens with one attached hydrogen (secondary N) is 1. The number of hydrogen-bond acceptors (Lipinski definition) is 2. The minimum Gasteiger partial charge on any atom is -0.312 e. The highest BCUT2D eigenvalue weighted by Gasteiger charge is 2.61. The molecule has 3 unspecified atom stereocenters. The molecule has 3 fully saturated rings. The summed E-state index contributed by atoms with van der Waals surface area (Å²) >= 11 is 2.08. The third kappa shape index (κ3) is 1.63. The molecule has 0 spiro atoms. The van der Waals surface area contributed by atoms with E-state index >= 15 is 0 Å². The summed E-state index contributed by atoms with van der Waals surface area (Å²) in [4.78, 5) is 0. The van der Waals surface area contributed by atoms with Crippen LogP contribution in [0.5, 0.6) is 0 Å². The normalized spacial score (nSPS) is 45.2. The maximum absolute atomic E-state index is 3.94. The van der Waals surface area contributed by atoms with Gasteiger partial charge in [0.05, 0.1) is 0 Å². The molecule has 2 heteroatoms. The zero-order chi connectivity index (χ0) is 12.3. The second-order valence-electron chi connectivity index (χ2n) is 7.43. The number of hydrogen-bond donors (Lipinski definition) is 1. The second kappa shape index (κ2) is 3.66. The van der Waals surface area contributed by atoms with E-state index in [9.17, 15) is 0 Å². The summed E-state index contributed by atoms with van der Waals surface area (Å²) in [7, 11) is 0. The van der Waals surface area contributed by atoms with Gasteiger partial charge in [-0.05, 0) is 55.1 Å². The third-order valence-electron chi connectivity index (χ3n) is 6.71. The molecule has 1 N–H and O–H groups in total. The van der Waals surface area contributed by atoms with Crippen molar-refractivity contribution < 1.29 is 0 Å². The highest BCUT2D eigenvalue weighted by molar-refractivity contribution is 8.00. The number of thioether (sulfide) groups is 1. The molecular formula is C15H27NS. The van der Waals surface area contributed by atoms with Crippen molar-refractivity contribution in [3.05, 3.63) is 0 Å². The Balaban J connectivity index is 1.66. The van der Waals surface area contributed by atoms with Crippen molar-refractivity contribution in [1.29, 1.82) is 0 Å². The topological polar surface area (TPSA) is 12.0 Å². The molecule has 3 saturated carbocycles. The molecule has 0 saturated heterocycles. The Morgan fingerprint density at radius 2 is 1.88 bits per heavy atom. The van der Waals surface area contributed by atoms with E-state index in [0.717, 1.165) is 12.0 Å². The Labute approximate surface area is 111 Å². The molecule has 3 rings (SSSR count). The van der Waals surface area contributed by atoms with Crippen LogP contribution in [0.15, 0.2) is 0 Å². The zero-order valence-corrected chi connectivity index (χ0v) is 12.6. The minimum atomic E-state index is 0.548. The van der Waals surface area contributed by atoms with E-state index in [2.05, 4.69) is 44.1 Å². The maximum Gasteiger partial charge on any atom is 0.0282 e. The Morgan fingerprint density at radius 1 is 1.18 bits per heavy atom. The Hall–Kier alpha value is 0.310. The Morgan fingerprint density at radius 3 is 2.29 bits per heavy atom. The summed E-state index contributed by atoms with van der Waals surface area (Å²) in [6.45, 7) is 8.80. The lowest BCUT2D eigenvalue weighted by atomic mass is 9.69. The van der Waals surface area contributed by atoms with E-state index in [-0.39, 0.29) is 0 Å². The summed E-state index contributed by atoms with van der Waals surface area (Å²) in [5, 5.41) is 3.94.